The summed E-state index contributed by atoms with van der Waals surface area (Å²) in [7, 11) is 0. The molecule has 0 saturated carbocycles. The highest BCUT2D eigenvalue weighted by Gasteiger charge is 2.08. The average Bonchev–Trinajstić information content (AvgIpc) is 2.19. The molecule has 0 atom stereocenters. The first-order chi connectivity index (χ1) is 7.24. The van der Waals surface area contributed by atoms with Crippen LogP contribution in [0.3, 0.4) is 0 Å². The normalized spacial score (nSPS) is 10.7. The highest BCUT2D eigenvalue weighted by Crippen LogP contribution is 2.20. The molecule has 2 nitrogen and oxygen atoms in total. The fraction of sp³-hybridized carbons (Fsp3) is 0.923. The Labute approximate surface area is 94.4 Å². The lowest BCUT2D eigenvalue weighted by Crippen LogP contribution is -2.06. The van der Waals surface area contributed by atoms with Crippen molar-refractivity contribution >= 4 is 5.97 Å². The van der Waals surface area contributed by atoms with Crippen LogP contribution in [-0.4, -0.2) is 12.6 Å². The molecule has 0 radical (unpaired) electrons. The zero-order valence-electron chi connectivity index (χ0n) is 10.6. The quantitative estimate of drug-likeness (QED) is 0.543. The third-order valence-corrected chi connectivity index (χ3v) is 2.69. The Morgan fingerprint density at radius 3 is 2.13 bits per heavy atom. The molecule has 0 unspecified atom stereocenters. The summed E-state index contributed by atoms with van der Waals surface area (Å²) in [4.78, 5) is 11.1. The highest BCUT2D eigenvalue weighted by molar-refractivity contribution is 5.69. The summed E-state index contributed by atoms with van der Waals surface area (Å²) in [5.41, 5.74) is 0. The summed E-state index contributed by atoms with van der Waals surface area (Å²) in [5.74, 6) is 0.777. The number of hydrogen-bond acceptors (Lipinski definition) is 2. The van der Waals surface area contributed by atoms with Gasteiger partial charge in [-0.15, -0.1) is 0 Å². The Hall–Kier alpha value is -0.530. The molecule has 0 amide bonds. The van der Waals surface area contributed by atoms with E-state index in [1.165, 1.54) is 32.1 Å². The second-order valence-electron chi connectivity index (χ2n) is 4.14. The van der Waals surface area contributed by atoms with E-state index in [-0.39, 0.29) is 5.97 Å². The minimum Gasteiger partial charge on any atom is -0.466 e. The van der Waals surface area contributed by atoms with Gasteiger partial charge in [-0.2, -0.15) is 0 Å². The third-order valence-electron chi connectivity index (χ3n) is 2.69. The van der Waals surface area contributed by atoms with E-state index < -0.39 is 0 Å². The number of carbonyl (C=O) groups is 1. The smallest absolute Gasteiger partial charge is 0.305 e. The predicted molar refractivity (Wildman–Crippen MR) is 63.8 cm³/mol. The average molecular weight is 214 g/mol. The van der Waals surface area contributed by atoms with E-state index in [4.69, 9.17) is 4.74 Å². The van der Waals surface area contributed by atoms with Crippen LogP contribution in [0.5, 0.6) is 0 Å². The van der Waals surface area contributed by atoms with Crippen LogP contribution in [0, 0.1) is 5.92 Å². The SMILES string of the molecule is CCCC(CCC)CCCC(=O)OCC. The van der Waals surface area contributed by atoms with Gasteiger partial charge in [0.05, 0.1) is 6.61 Å². The second kappa shape index (κ2) is 10.0. The third kappa shape index (κ3) is 8.46. The van der Waals surface area contributed by atoms with Crippen molar-refractivity contribution in [1.29, 1.82) is 0 Å². The molecule has 0 aromatic heterocycles. The fourth-order valence-corrected chi connectivity index (χ4v) is 2.02. The minimum atomic E-state index is -0.0377. The molecule has 0 aromatic rings. The lowest BCUT2D eigenvalue weighted by atomic mass is 9.93. The summed E-state index contributed by atoms with van der Waals surface area (Å²) in [5, 5.41) is 0. The van der Waals surface area contributed by atoms with Crippen molar-refractivity contribution in [2.75, 3.05) is 6.61 Å². The minimum absolute atomic E-state index is 0.0377. The largest absolute Gasteiger partial charge is 0.466 e. The Morgan fingerprint density at radius 2 is 1.67 bits per heavy atom. The van der Waals surface area contributed by atoms with Crippen LogP contribution in [0.1, 0.15) is 65.7 Å². The monoisotopic (exact) mass is 214 g/mol. The zero-order chi connectivity index (χ0) is 11.5. The topological polar surface area (TPSA) is 26.3 Å². The first kappa shape index (κ1) is 14.5. The Kier molecular flexibility index (Phi) is 9.65. The van der Waals surface area contributed by atoms with E-state index in [0.29, 0.717) is 13.0 Å². The van der Waals surface area contributed by atoms with Gasteiger partial charge in [-0.25, -0.2) is 0 Å². The van der Waals surface area contributed by atoms with E-state index in [0.717, 1.165) is 12.3 Å². The maximum atomic E-state index is 11.1. The van der Waals surface area contributed by atoms with Crippen LogP contribution in [0.2, 0.25) is 0 Å². The molecule has 15 heavy (non-hydrogen) atoms. The molecular weight excluding hydrogens is 188 g/mol. The van der Waals surface area contributed by atoms with Crippen molar-refractivity contribution in [1.82, 2.24) is 0 Å². The number of rotatable bonds is 9. The summed E-state index contributed by atoms with van der Waals surface area (Å²) >= 11 is 0. The molecule has 0 aliphatic carbocycles. The van der Waals surface area contributed by atoms with Crippen molar-refractivity contribution in [2.45, 2.75) is 65.7 Å². The van der Waals surface area contributed by atoms with Gasteiger partial charge in [-0.3, -0.25) is 4.79 Å². The molecule has 0 rings (SSSR count). The first-order valence-electron chi connectivity index (χ1n) is 6.40. The predicted octanol–water partition coefficient (Wildman–Crippen LogP) is 3.94. The van der Waals surface area contributed by atoms with Gasteiger partial charge in [0.25, 0.3) is 0 Å². The molecule has 0 fully saturated rings. The molecule has 0 N–H and O–H groups in total. The van der Waals surface area contributed by atoms with Gasteiger partial charge in [0.15, 0.2) is 0 Å². The van der Waals surface area contributed by atoms with Gasteiger partial charge >= 0.3 is 5.97 Å². The zero-order valence-corrected chi connectivity index (χ0v) is 10.6. The van der Waals surface area contributed by atoms with Crippen LogP contribution >= 0.6 is 0 Å². The first-order valence-corrected chi connectivity index (χ1v) is 6.40. The van der Waals surface area contributed by atoms with Crippen molar-refractivity contribution in [3.8, 4) is 0 Å². The number of carbonyl (C=O) groups excluding carboxylic acids is 1. The van der Waals surface area contributed by atoms with Gasteiger partial charge in [-0.05, 0) is 25.7 Å². The van der Waals surface area contributed by atoms with E-state index in [2.05, 4.69) is 13.8 Å². The molecule has 0 aliphatic heterocycles. The van der Waals surface area contributed by atoms with Gasteiger partial charge < -0.3 is 4.74 Å². The molecule has 0 heterocycles. The lowest BCUT2D eigenvalue weighted by Gasteiger charge is -2.14. The van der Waals surface area contributed by atoms with E-state index >= 15 is 0 Å². The molecule has 2 heteroatoms. The summed E-state index contributed by atoms with van der Waals surface area (Å²) in [6.07, 6.45) is 7.88. The number of ether oxygens (including phenoxy) is 1. The van der Waals surface area contributed by atoms with Crippen molar-refractivity contribution in [3.63, 3.8) is 0 Å². The van der Waals surface area contributed by atoms with Crippen LogP contribution in [-0.2, 0) is 9.53 Å². The van der Waals surface area contributed by atoms with E-state index in [9.17, 15) is 4.79 Å². The summed E-state index contributed by atoms with van der Waals surface area (Å²) < 4.78 is 4.90. The summed E-state index contributed by atoms with van der Waals surface area (Å²) in [6, 6.07) is 0. The fourth-order valence-electron chi connectivity index (χ4n) is 2.02. The molecule has 0 saturated heterocycles. The van der Waals surface area contributed by atoms with Gasteiger partial charge in [-0.1, -0.05) is 39.5 Å². The van der Waals surface area contributed by atoms with E-state index in [1.54, 1.807) is 0 Å². The maximum Gasteiger partial charge on any atom is 0.305 e. The lowest BCUT2D eigenvalue weighted by molar-refractivity contribution is -0.143. The Morgan fingerprint density at radius 1 is 1.07 bits per heavy atom. The Bertz CT molecular complexity index is 149. The highest BCUT2D eigenvalue weighted by atomic mass is 16.5. The molecule has 0 bridgehead atoms. The van der Waals surface area contributed by atoms with Crippen molar-refractivity contribution in [3.05, 3.63) is 0 Å². The van der Waals surface area contributed by atoms with Crippen LogP contribution in [0.15, 0.2) is 0 Å². The van der Waals surface area contributed by atoms with Crippen LogP contribution < -0.4 is 0 Å². The second-order valence-corrected chi connectivity index (χ2v) is 4.14. The van der Waals surface area contributed by atoms with Crippen molar-refractivity contribution < 1.29 is 9.53 Å². The molecule has 0 aliphatic rings. The molecule has 90 valence electrons. The van der Waals surface area contributed by atoms with E-state index in [1.807, 2.05) is 6.92 Å². The molecule has 0 spiro atoms. The number of esters is 1. The Balaban J connectivity index is 3.55. The van der Waals surface area contributed by atoms with Gasteiger partial charge in [0.2, 0.25) is 0 Å². The summed E-state index contributed by atoms with van der Waals surface area (Å²) in [6.45, 7) is 6.82. The molecular formula is C13H26O2. The van der Waals surface area contributed by atoms with Crippen LogP contribution in [0.25, 0.3) is 0 Å². The van der Waals surface area contributed by atoms with Gasteiger partial charge in [0, 0.05) is 6.42 Å². The van der Waals surface area contributed by atoms with Gasteiger partial charge in [0.1, 0.15) is 0 Å². The standard InChI is InChI=1S/C13H26O2/c1-4-8-12(9-5-2)10-7-11-13(14)15-6-3/h12H,4-11H2,1-3H3. The molecule has 0 aromatic carbocycles. The number of hydrogen-bond donors (Lipinski definition) is 0. The van der Waals surface area contributed by atoms with Crippen LogP contribution in [0.4, 0.5) is 0 Å². The van der Waals surface area contributed by atoms with Crippen molar-refractivity contribution in [2.24, 2.45) is 5.92 Å². The maximum absolute atomic E-state index is 11.1.